The van der Waals surface area contributed by atoms with Gasteiger partial charge in [0.15, 0.2) is 5.78 Å². The molecule has 3 unspecified atom stereocenters. The highest BCUT2D eigenvalue weighted by Gasteiger charge is 2.36. The third-order valence-electron chi connectivity index (χ3n) is 4.00. The molecule has 2 aliphatic rings. The average molecular weight is 278 g/mol. The zero-order valence-corrected chi connectivity index (χ0v) is 11.8. The summed E-state index contributed by atoms with van der Waals surface area (Å²) in [6.07, 6.45) is 5.08. The van der Waals surface area contributed by atoms with Gasteiger partial charge in [0.05, 0.1) is 18.8 Å². The zero-order chi connectivity index (χ0) is 14.7. The van der Waals surface area contributed by atoms with Crippen LogP contribution in [-0.2, 0) is 9.53 Å². The van der Waals surface area contributed by atoms with Crippen molar-refractivity contribution in [3.8, 4) is 0 Å². The topological polar surface area (TPSA) is 66.8 Å². The fraction of sp³-hybridized carbons (Fsp3) is 0.562. The zero-order valence-electron chi connectivity index (χ0n) is 11.8. The van der Waals surface area contributed by atoms with Crippen molar-refractivity contribution in [3.05, 3.63) is 35.5 Å². The third-order valence-corrected chi connectivity index (χ3v) is 4.00. The molecule has 4 nitrogen and oxygen atoms in total. The molecule has 0 fully saturated rings. The summed E-state index contributed by atoms with van der Waals surface area (Å²) in [4.78, 5) is 11.8. The van der Waals surface area contributed by atoms with E-state index in [0.717, 1.165) is 16.7 Å². The molecule has 0 saturated carbocycles. The van der Waals surface area contributed by atoms with Gasteiger partial charge < -0.3 is 14.9 Å². The molecular weight excluding hydrogens is 256 g/mol. The van der Waals surface area contributed by atoms with Crippen molar-refractivity contribution in [2.24, 2.45) is 5.92 Å². The van der Waals surface area contributed by atoms with Crippen molar-refractivity contribution in [1.82, 2.24) is 0 Å². The fourth-order valence-electron chi connectivity index (χ4n) is 2.83. The van der Waals surface area contributed by atoms with Crippen LogP contribution in [0.5, 0.6) is 0 Å². The predicted molar refractivity (Wildman–Crippen MR) is 76.2 cm³/mol. The van der Waals surface area contributed by atoms with Crippen LogP contribution in [-0.4, -0.2) is 41.4 Å². The Morgan fingerprint density at radius 1 is 1.45 bits per heavy atom. The van der Waals surface area contributed by atoms with Crippen LogP contribution in [0.4, 0.5) is 0 Å². The van der Waals surface area contributed by atoms with Crippen molar-refractivity contribution < 1.29 is 19.7 Å². The molecule has 0 radical (unpaired) electrons. The van der Waals surface area contributed by atoms with Gasteiger partial charge in [0.1, 0.15) is 0 Å². The smallest absolute Gasteiger partial charge is 0.159 e. The Morgan fingerprint density at radius 2 is 2.20 bits per heavy atom. The van der Waals surface area contributed by atoms with Gasteiger partial charge in [0.2, 0.25) is 0 Å². The van der Waals surface area contributed by atoms with E-state index < -0.39 is 0 Å². The molecular formula is C16H22O4. The maximum absolute atomic E-state index is 11.8. The summed E-state index contributed by atoms with van der Waals surface area (Å²) in [6, 6.07) is 0. The maximum atomic E-state index is 11.8. The van der Waals surface area contributed by atoms with E-state index in [0.29, 0.717) is 19.3 Å². The van der Waals surface area contributed by atoms with Gasteiger partial charge in [-0.2, -0.15) is 0 Å². The Labute approximate surface area is 119 Å². The van der Waals surface area contributed by atoms with E-state index in [-0.39, 0.29) is 37.1 Å². The molecule has 0 saturated heterocycles. The second-order valence-corrected chi connectivity index (χ2v) is 5.55. The third kappa shape index (κ3) is 3.26. The van der Waals surface area contributed by atoms with Crippen molar-refractivity contribution in [2.45, 2.75) is 38.4 Å². The molecule has 1 aliphatic heterocycles. The Bertz CT molecular complexity index is 461. The number of carbonyl (C=O) groups is 1. The van der Waals surface area contributed by atoms with E-state index >= 15 is 0 Å². The quantitative estimate of drug-likeness (QED) is 0.749. The average Bonchev–Trinajstić information content (AvgIpc) is 2.40. The van der Waals surface area contributed by atoms with E-state index in [1.54, 1.807) is 6.92 Å². The molecule has 0 aromatic carbocycles. The second kappa shape index (κ2) is 6.48. The van der Waals surface area contributed by atoms with Crippen molar-refractivity contribution in [2.75, 3.05) is 13.2 Å². The number of Topliss-reactive ketones (excluding diaryl/α,β-unsaturated/α-hetero) is 1. The van der Waals surface area contributed by atoms with Crippen LogP contribution in [0, 0.1) is 5.92 Å². The van der Waals surface area contributed by atoms with Gasteiger partial charge in [0, 0.05) is 18.9 Å². The summed E-state index contributed by atoms with van der Waals surface area (Å²) in [5.74, 6) is 0.0795. The molecule has 1 aliphatic carbocycles. The minimum Gasteiger partial charge on any atom is -0.396 e. The SMILES string of the molecule is C=C(CCO)CC1C=C(CO)C2CC(=O)C(C)=CC2O1. The molecule has 0 bridgehead atoms. The number of hydrogen-bond donors (Lipinski definition) is 2. The number of aliphatic hydroxyl groups excluding tert-OH is 2. The number of ketones is 1. The lowest BCUT2D eigenvalue weighted by Gasteiger charge is -2.37. The van der Waals surface area contributed by atoms with E-state index in [2.05, 4.69) is 6.58 Å². The van der Waals surface area contributed by atoms with Gasteiger partial charge in [-0.15, -0.1) is 0 Å². The molecule has 0 spiro atoms. The number of fused-ring (bicyclic) bond motifs is 1. The summed E-state index contributed by atoms with van der Waals surface area (Å²) in [5.41, 5.74) is 2.54. The van der Waals surface area contributed by atoms with Crippen LogP contribution in [0.25, 0.3) is 0 Å². The Hall–Kier alpha value is -1.23. The highest BCUT2D eigenvalue weighted by molar-refractivity contribution is 5.96. The van der Waals surface area contributed by atoms with Crippen molar-refractivity contribution in [1.29, 1.82) is 0 Å². The number of hydrogen-bond acceptors (Lipinski definition) is 4. The highest BCUT2D eigenvalue weighted by Crippen LogP contribution is 2.35. The molecule has 0 aromatic rings. The van der Waals surface area contributed by atoms with Crippen LogP contribution >= 0.6 is 0 Å². The minimum absolute atomic E-state index is 0.0430. The van der Waals surface area contributed by atoms with Crippen LogP contribution in [0.15, 0.2) is 35.5 Å². The predicted octanol–water partition coefficient (Wildman–Crippen LogP) is 1.54. The molecule has 20 heavy (non-hydrogen) atoms. The van der Waals surface area contributed by atoms with E-state index in [9.17, 15) is 9.90 Å². The van der Waals surface area contributed by atoms with Crippen molar-refractivity contribution in [3.63, 3.8) is 0 Å². The highest BCUT2D eigenvalue weighted by atomic mass is 16.5. The number of ether oxygens (including phenoxy) is 1. The second-order valence-electron chi connectivity index (χ2n) is 5.55. The maximum Gasteiger partial charge on any atom is 0.159 e. The van der Waals surface area contributed by atoms with Crippen LogP contribution in [0.1, 0.15) is 26.2 Å². The lowest BCUT2D eigenvalue weighted by Crippen LogP contribution is -2.38. The Morgan fingerprint density at radius 3 is 2.85 bits per heavy atom. The first-order valence-corrected chi connectivity index (χ1v) is 7.01. The van der Waals surface area contributed by atoms with Crippen LogP contribution in [0.2, 0.25) is 0 Å². The summed E-state index contributed by atoms with van der Waals surface area (Å²) in [7, 11) is 0. The Balaban J connectivity index is 2.14. The van der Waals surface area contributed by atoms with E-state index in [1.165, 1.54) is 0 Å². The molecule has 110 valence electrons. The normalized spacial score (nSPS) is 29.6. The fourth-order valence-corrected chi connectivity index (χ4v) is 2.83. The first-order valence-electron chi connectivity index (χ1n) is 7.01. The van der Waals surface area contributed by atoms with Gasteiger partial charge in [-0.05, 0) is 37.0 Å². The number of allylic oxidation sites excluding steroid dienone is 1. The first kappa shape index (κ1) is 15.2. The van der Waals surface area contributed by atoms with Crippen LogP contribution in [0.3, 0.4) is 0 Å². The Kier molecular flexibility index (Phi) is 4.91. The standard InChI is InChI=1S/C16H22O4/c1-10(3-4-17)5-13-7-12(9-18)14-8-15(19)11(2)6-16(14)20-13/h6-7,13-14,16-18H,1,3-5,8-9H2,2H3. The molecule has 3 atom stereocenters. The van der Waals surface area contributed by atoms with E-state index in [1.807, 2.05) is 12.2 Å². The van der Waals surface area contributed by atoms with Gasteiger partial charge >= 0.3 is 0 Å². The van der Waals surface area contributed by atoms with E-state index in [4.69, 9.17) is 9.84 Å². The van der Waals surface area contributed by atoms with Crippen LogP contribution < -0.4 is 0 Å². The summed E-state index contributed by atoms with van der Waals surface area (Å²) in [6.45, 7) is 5.76. The summed E-state index contributed by atoms with van der Waals surface area (Å²) in [5, 5.41) is 18.4. The van der Waals surface area contributed by atoms with Gasteiger partial charge in [-0.1, -0.05) is 18.2 Å². The summed E-state index contributed by atoms with van der Waals surface area (Å²) < 4.78 is 6.00. The molecule has 0 aromatic heterocycles. The van der Waals surface area contributed by atoms with Gasteiger partial charge in [0.25, 0.3) is 0 Å². The van der Waals surface area contributed by atoms with Gasteiger partial charge in [-0.3, -0.25) is 4.79 Å². The number of rotatable bonds is 5. The van der Waals surface area contributed by atoms with Crippen molar-refractivity contribution >= 4 is 5.78 Å². The van der Waals surface area contributed by atoms with Gasteiger partial charge in [-0.25, -0.2) is 0 Å². The first-order chi connectivity index (χ1) is 9.55. The lowest BCUT2D eigenvalue weighted by atomic mass is 9.79. The molecule has 1 heterocycles. The molecule has 0 amide bonds. The molecule has 2 rings (SSSR count). The molecule has 2 N–H and O–H groups in total. The largest absolute Gasteiger partial charge is 0.396 e. The summed E-state index contributed by atoms with van der Waals surface area (Å²) >= 11 is 0. The number of aliphatic hydroxyl groups is 2. The lowest BCUT2D eigenvalue weighted by molar-refractivity contribution is -0.119. The molecule has 4 heteroatoms. The minimum atomic E-state index is -0.147. The number of carbonyl (C=O) groups excluding carboxylic acids is 1. The monoisotopic (exact) mass is 278 g/mol.